The first-order valence-corrected chi connectivity index (χ1v) is 7.78. The Morgan fingerprint density at radius 2 is 1.91 bits per heavy atom. The van der Waals surface area contributed by atoms with Crippen molar-refractivity contribution in [2.24, 2.45) is 5.92 Å². The number of nitrogens with one attached hydrogen (secondary N) is 2. The fourth-order valence-electron chi connectivity index (χ4n) is 2.75. The van der Waals surface area contributed by atoms with E-state index in [2.05, 4.69) is 10.6 Å². The molecule has 1 aliphatic rings. The minimum atomic E-state index is -0.995. The number of carboxylic acids is 1. The summed E-state index contributed by atoms with van der Waals surface area (Å²) in [5.41, 5.74) is 0. The molecule has 22 heavy (non-hydrogen) atoms. The lowest BCUT2D eigenvalue weighted by Gasteiger charge is -2.30. The average Bonchev–Trinajstić information content (AvgIpc) is 2.93. The zero-order valence-corrected chi connectivity index (χ0v) is 13.8. The third-order valence-corrected chi connectivity index (χ3v) is 3.91. The molecular weight excluding hydrogens is 286 g/mol. The van der Waals surface area contributed by atoms with Crippen LogP contribution in [-0.2, 0) is 14.4 Å². The number of likely N-dealkylation sites (tertiary alicyclic amines) is 1. The van der Waals surface area contributed by atoms with Crippen molar-refractivity contribution in [1.29, 1.82) is 0 Å². The highest BCUT2D eigenvalue weighted by atomic mass is 16.4. The van der Waals surface area contributed by atoms with Crippen LogP contribution in [0.3, 0.4) is 0 Å². The van der Waals surface area contributed by atoms with E-state index in [1.165, 1.54) is 6.92 Å². The second-order valence-electron chi connectivity index (χ2n) is 6.21. The number of amides is 2. The van der Waals surface area contributed by atoms with Gasteiger partial charge in [-0.05, 0) is 32.1 Å². The average molecular weight is 313 g/mol. The van der Waals surface area contributed by atoms with Crippen molar-refractivity contribution in [2.75, 3.05) is 13.6 Å². The van der Waals surface area contributed by atoms with E-state index in [4.69, 9.17) is 5.11 Å². The number of hydrogen-bond donors (Lipinski definition) is 3. The lowest BCUT2D eigenvalue weighted by atomic mass is 10.0. The van der Waals surface area contributed by atoms with Gasteiger partial charge in [0.15, 0.2) is 0 Å². The number of carbonyl (C=O) groups is 3. The van der Waals surface area contributed by atoms with E-state index in [0.717, 1.165) is 6.42 Å². The highest BCUT2D eigenvalue weighted by molar-refractivity contribution is 5.90. The number of aliphatic carboxylic acids is 1. The number of carboxylic acid groups (broad SMARTS) is 1. The Hall–Kier alpha value is -1.63. The zero-order chi connectivity index (χ0) is 16.9. The molecule has 0 aromatic heterocycles. The maximum absolute atomic E-state index is 12.8. The van der Waals surface area contributed by atoms with Gasteiger partial charge in [0.2, 0.25) is 11.8 Å². The van der Waals surface area contributed by atoms with E-state index in [1.54, 1.807) is 11.9 Å². The first kappa shape index (κ1) is 18.4. The summed E-state index contributed by atoms with van der Waals surface area (Å²) in [4.78, 5) is 37.3. The summed E-state index contributed by atoms with van der Waals surface area (Å²) in [5.74, 6) is -1.11. The van der Waals surface area contributed by atoms with Crippen LogP contribution in [-0.4, -0.2) is 59.5 Å². The summed E-state index contributed by atoms with van der Waals surface area (Å²) in [7, 11) is 1.56. The summed E-state index contributed by atoms with van der Waals surface area (Å²) >= 11 is 0. The maximum atomic E-state index is 12.8. The Morgan fingerprint density at radius 3 is 2.41 bits per heavy atom. The Labute approximate surface area is 131 Å². The molecule has 0 aromatic carbocycles. The van der Waals surface area contributed by atoms with Crippen molar-refractivity contribution in [3.63, 3.8) is 0 Å². The van der Waals surface area contributed by atoms with Crippen molar-refractivity contribution in [3.05, 3.63) is 0 Å². The molecule has 0 aromatic rings. The largest absolute Gasteiger partial charge is 0.480 e. The predicted molar refractivity (Wildman–Crippen MR) is 82.3 cm³/mol. The topological polar surface area (TPSA) is 98.7 Å². The van der Waals surface area contributed by atoms with Gasteiger partial charge in [0.05, 0.1) is 6.04 Å². The minimum absolute atomic E-state index is 0.166. The molecule has 1 heterocycles. The second-order valence-corrected chi connectivity index (χ2v) is 6.21. The van der Waals surface area contributed by atoms with E-state index in [9.17, 15) is 14.4 Å². The van der Waals surface area contributed by atoms with E-state index >= 15 is 0 Å². The van der Waals surface area contributed by atoms with Crippen molar-refractivity contribution in [1.82, 2.24) is 15.5 Å². The van der Waals surface area contributed by atoms with E-state index in [1.807, 2.05) is 13.8 Å². The van der Waals surface area contributed by atoms with Gasteiger partial charge in [0.1, 0.15) is 12.1 Å². The smallest absolute Gasteiger partial charge is 0.320 e. The van der Waals surface area contributed by atoms with Crippen LogP contribution in [0.1, 0.15) is 40.0 Å². The normalized spacial score (nSPS) is 20.8. The highest BCUT2D eigenvalue weighted by Crippen LogP contribution is 2.20. The number of hydrogen-bond acceptors (Lipinski definition) is 4. The van der Waals surface area contributed by atoms with Crippen LogP contribution in [0.5, 0.6) is 0 Å². The molecule has 7 nitrogen and oxygen atoms in total. The minimum Gasteiger partial charge on any atom is -0.480 e. The third-order valence-electron chi connectivity index (χ3n) is 3.91. The number of rotatable bonds is 7. The molecule has 0 radical (unpaired) electrons. The molecule has 0 aliphatic carbocycles. The van der Waals surface area contributed by atoms with Gasteiger partial charge in [-0.1, -0.05) is 13.8 Å². The summed E-state index contributed by atoms with van der Waals surface area (Å²) in [6.07, 6.45) is 1.97. The third kappa shape index (κ3) is 4.69. The Bertz CT molecular complexity index is 425. The van der Waals surface area contributed by atoms with Crippen LogP contribution >= 0.6 is 0 Å². The first-order chi connectivity index (χ1) is 10.3. The van der Waals surface area contributed by atoms with Crippen LogP contribution in [0, 0.1) is 5.92 Å². The zero-order valence-electron chi connectivity index (χ0n) is 13.8. The maximum Gasteiger partial charge on any atom is 0.320 e. The molecule has 3 unspecified atom stereocenters. The molecule has 1 fully saturated rings. The quantitative estimate of drug-likeness (QED) is 0.624. The van der Waals surface area contributed by atoms with E-state index < -0.39 is 24.1 Å². The first-order valence-electron chi connectivity index (χ1n) is 7.78. The SMILES string of the molecule is CNC(=O)C1CCCN1C(=O)C(CC(C)C)NC(C)C(=O)O. The summed E-state index contributed by atoms with van der Waals surface area (Å²) in [5, 5.41) is 14.5. The molecular formula is C15H27N3O4. The number of likely N-dealkylation sites (N-methyl/N-ethyl adjacent to an activating group) is 1. The van der Waals surface area contributed by atoms with E-state index in [-0.39, 0.29) is 17.7 Å². The summed E-state index contributed by atoms with van der Waals surface area (Å²) in [6, 6.07) is -1.85. The molecule has 3 N–H and O–H groups in total. The lowest BCUT2D eigenvalue weighted by molar-refractivity contribution is -0.142. The van der Waals surface area contributed by atoms with Crippen LogP contribution in [0.2, 0.25) is 0 Å². The van der Waals surface area contributed by atoms with Gasteiger partial charge in [-0.25, -0.2) is 0 Å². The Morgan fingerprint density at radius 1 is 1.27 bits per heavy atom. The molecule has 3 atom stereocenters. The standard InChI is InChI=1S/C15H27N3O4/c1-9(2)8-11(17-10(3)15(21)22)14(20)18-7-5-6-12(18)13(19)16-4/h9-12,17H,5-8H2,1-4H3,(H,16,19)(H,21,22). The van der Waals surface area contributed by atoms with Crippen molar-refractivity contribution in [3.8, 4) is 0 Å². The summed E-state index contributed by atoms with van der Waals surface area (Å²) < 4.78 is 0. The van der Waals surface area contributed by atoms with Crippen molar-refractivity contribution >= 4 is 17.8 Å². The predicted octanol–water partition coefficient (Wildman–Crippen LogP) is 0.201. The van der Waals surface area contributed by atoms with Gasteiger partial charge < -0.3 is 15.3 Å². The highest BCUT2D eigenvalue weighted by Gasteiger charge is 2.37. The van der Waals surface area contributed by atoms with Gasteiger partial charge in [-0.15, -0.1) is 0 Å². The number of nitrogens with zero attached hydrogens (tertiary/aromatic N) is 1. The van der Waals surface area contributed by atoms with Gasteiger partial charge in [0.25, 0.3) is 0 Å². The fraction of sp³-hybridized carbons (Fsp3) is 0.800. The van der Waals surface area contributed by atoms with Gasteiger partial charge >= 0.3 is 5.97 Å². The van der Waals surface area contributed by atoms with Crippen molar-refractivity contribution in [2.45, 2.75) is 58.2 Å². The second kappa shape index (κ2) is 8.12. The van der Waals surface area contributed by atoms with Crippen LogP contribution < -0.4 is 10.6 Å². The molecule has 0 saturated carbocycles. The molecule has 7 heteroatoms. The molecule has 1 aliphatic heterocycles. The van der Waals surface area contributed by atoms with Crippen LogP contribution in [0.15, 0.2) is 0 Å². The molecule has 0 spiro atoms. The summed E-state index contributed by atoms with van der Waals surface area (Å²) in [6.45, 7) is 6.01. The Kier molecular flexibility index (Phi) is 6.80. The van der Waals surface area contributed by atoms with Gasteiger partial charge in [-0.3, -0.25) is 19.7 Å². The van der Waals surface area contributed by atoms with E-state index in [0.29, 0.717) is 19.4 Å². The number of carbonyl (C=O) groups excluding carboxylic acids is 2. The van der Waals surface area contributed by atoms with Crippen LogP contribution in [0.4, 0.5) is 0 Å². The Balaban J connectivity index is 2.85. The molecule has 2 amide bonds. The molecule has 1 rings (SSSR count). The lowest BCUT2D eigenvalue weighted by Crippen LogP contribution is -2.55. The van der Waals surface area contributed by atoms with Crippen molar-refractivity contribution < 1.29 is 19.5 Å². The molecule has 0 bridgehead atoms. The monoisotopic (exact) mass is 313 g/mol. The van der Waals surface area contributed by atoms with Crippen LogP contribution in [0.25, 0.3) is 0 Å². The van der Waals surface area contributed by atoms with Gasteiger partial charge in [0, 0.05) is 13.6 Å². The fourth-order valence-corrected chi connectivity index (χ4v) is 2.75. The van der Waals surface area contributed by atoms with Gasteiger partial charge in [-0.2, -0.15) is 0 Å². The molecule has 126 valence electrons. The molecule has 1 saturated heterocycles.